The van der Waals surface area contributed by atoms with Crippen molar-refractivity contribution in [2.75, 3.05) is 0 Å². The number of hydrogen-bond acceptors (Lipinski definition) is 0. The fourth-order valence-corrected chi connectivity index (χ4v) is 8.96. The van der Waals surface area contributed by atoms with E-state index in [1.165, 1.54) is 72.3 Å². The van der Waals surface area contributed by atoms with Crippen LogP contribution in [-0.4, -0.2) is 0 Å². The Balaban J connectivity index is 0.000000154. The average molecular weight is 732 g/mol. The van der Waals surface area contributed by atoms with Crippen LogP contribution in [0.15, 0.2) is 200 Å². The van der Waals surface area contributed by atoms with Gasteiger partial charge in [0.2, 0.25) is 0 Å². The molecule has 1 spiro atoms. The van der Waals surface area contributed by atoms with Crippen LogP contribution in [-0.2, 0) is 10.8 Å². The smallest absolute Gasteiger partial charge is 0.658 e. The first-order valence-corrected chi connectivity index (χ1v) is 18.9. The zero-order chi connectivity index (χ0) is 36.7. The molecule has 2 aliphatic carbocycles. The van der Waals surface area contributed by atoms with E-state index in [-0.39, 0.29) is 62.2 Å². The van der Waals surface area contributed by atoms with Crippen LogP contribution in [0.1, 0.15) is 52.8 Å². The van der Waals surface area contributed by atoms with Gasteiger partial charge in [-0.1, -0.05) is 214 Å². The summed E-state index contributed by atoms with van der Waals surface area (Å²) < 4.78 is 0. The molecule has 8 aromatic rings. The molecular weight excluding hydrogens is 690 g/mol. The van der Waals surface area contributed by atoms with E-state index in [4.69, 9.17) is 5.32 Å². The Kier molecular flexibility index (Phi) is 10.4. The molecule has 0 fully saturated rings. The summed E-state index contributed by atoms with van der Waals surface area (Å²) in [5.74, 6) is 0. The van der Waals surface area contributed by atoms with Gasteiger partial charge in [-0.15, -0.1) is 11.4 Å². The Morgan fingerprint density at radius 3 is 1.22 bits per heavy atom. The number of rotatable bonds is 4. The normalized spacial score (nSPS) is 13.5. The largest absolute Gasteiger partial charge is 1.00 e. The number of aryl methyl sites for hydroxylation is 1. The maximum absolute atomic E-state index is 4.71. The Bertz CT molecular complexity index is 2460. The summed E-state index contributed by atoms with van der Waals surface area (Å²) in [6.45, 7) is 6.99. The van der Waals surface area contributed by atoms with Crippen molar-refractivity contribution in [1.29, 1.82) is 0 Å². The van der Waals surface area contributed by atoms with E-state index in [1.54, 1.807) is 0 Å². The number of hydrogen-bond donors (Lipinski definition) is 0. The minimum atomic E-state index is -0.249. The Hall–Kier alpha value is -4.80. The average Bonchev–Trinajstić information content (AvgIpc) is 3.53. The van der Waals surface area contributed by atoms with Crippen molar-refractivity contribution in [3.05, 3.63) is 244 Å². The molecule has 0 saturated heterocycles. The molecule has 1 nitrogen and oxygen atoms in total. The van der Waals surface area contributed by atoms with Crippen molar-refractivity contribution >= 4 is 11.4 Å². The third-order valence-corrected chi connectivity index (χ3v) is 11.5. The van der Waals surface area contributed by atoms with Crippen molar-refractivity contribution < 1.29 is 51.4 Å². The fraction of sp³-hybridized carbons (Fsp3) is 0.0943. The summed E-state index contributed by atoms with van der Waals surface area (Å²) in [7, 11) is 0. The second-order valence-electron chi connectivity index (χ2n) is 14.9. The molecule has 0 aliphatic heterocycles. The quantitative estimate of drug-likeness (QED) is 0.160. The van der Waals surface area contributed by atoms with Crippen LogP contribution in [0.4, 0.5) is 11.4 Å². The van der Waals surface area contributed by atoms with Gasteiger partial charge in [0.15, 0.2) is 0 Å². The van der Waals surface area contributed by atoms with Gasteiger partial charge in [-0.25, -0.2) is 0 Å². The second-order valence-corrected chi connectivity index (χ2v) is 14.9. The molecule has 10 rings (SSSR count). The van der Waals surface area contributed by atoms with Gasteiger partial charge in [-0.2, -0.15) is 0 Å². The Morgan fingerprint density at radius 2 is 0.727 bits per heavy atom. The monoisotopic (exact) mass is 731 g/mol. The van der Waals surface area contributed by atoms with Crippen molar-refractivity contribution in [3.63, 3.8) is 0 Å². The minimum Gasteiger partial charge on any atom is -0.658 e. The van der Waals surface area contributed by atoms with Crippen molar-refractivity contribution in [2.24, 2.45) is 0 Å². The zero-order valence-electron chi connectivity index (χ0n) is 32.0. The predicted molar refractivity (Wildman–Crippen MR) is 227 cm³/mol. The van der Waals surface area contributed by atoms with Crippen LogP contribution in [0.5, 0.6) is 0 Å². The van der Waals surface area contributed by atoms with E-state index in [1.807, 2.05) is 12.1 Å². The van der Waals surface area contributed by atoms with Crippen LogP contribution in [0.2, 0.25) is 0 Å². The number of nitrogens with zero attached hydrogens (tertiary/aromatic N) is 1. The van der Waals surface area contributed by atoms with Crippen molar-refractivity contribution in [1.82, 2.24) is 0 Å². The van der Waals surface area contributed by atoms with Crippen LogP contribution in [0.3, 0.4) is 0 Å². The SMILES string of the molecule is Cc1cccc2c1-c1ccccc1C21c2ccccc2C(C)(C)c2ccccc21.[K+].c1ccc(-c2ccc([N-]c3ccc(-c4ccccc4)cc3)cc2)cc1. The predicted octanol–water partition coefficient (Wildman–Crippen LogP) is 11.4. The molecule has 0 atom stereocenters. The molecule has 0 bridgehead atoms. The molecule has 0 unspecified atom stereocenters. The molecule has 260 valence electrons. The summed E-state index contributed by atoms with van der Waals surface area (Å²) in [5.41, 5.74) is 19.2. The van der Waals surface area contributed by atoms with Crippen molar-refractivity contribution in [2.45, 2.75) is 31.6 Å². The van der Waals surface area contributed by atoms with Gasteiger partial charge in [0, 0.05) is 5.41 Å². The maximum Gasteiger partial charge on any atom is 1.00 e. The van der Waals surface area contributed by atoms with Gasteiger partial charge >= 0.3 is 51.4 Å². The number of benzene rings is 8. The molecule has 0 heterocycles. The van der Waals surface area contributed by atoms with Gasteiger partial charge in [0.1, 0.15) is 0 Å². The molecular formula is C53H42KN. The summed E-state index contributed by atoms with van der Waals surface area (Å²) in [6, 6.07) is 71.6. The van der Waals surface area contributed by atoms with Gasteiger partial charge in [-0.3, -0.25) is 0 Å². The molecule has 0 aromatic heterocycles. The standard InChI is InChI=1S/C29H24.C24H18N.K/c1-19-11-10-18-26-27(19)20-12-4-5-13-21(20)29(26)24-16-8-6-14-22(24)28(2,3)23-15-7-9-17-25(23)29;1-3-7-19(8-4-1)21-11-15-23(16-12-21)25-24-17-13-22(14-18-24)20-9-5-2-6-10-20;/h4-18H,1-3H3;1-18H;/q;-1;+1. The van der Waals surface area contributed by atoms with Gasteiger partial charge in [0.25, 0.3) is 0 Å². The molecule has 55 heavy (non-hydrogen) atoms. The molecule has 2 heteroatoms. The van der Waals surface area contributed by atoms with Crippen molar-refractivity contribution in [3.8, 4) is 33.4 Å². The minimum absolute atomic E-state index is 0. The molecule has 2 aliphatic rings. The van der Waals surface area contributed by atoms with E-state index in [0.29, 0.717) is 0 Å². The van der Waals surface area contributed by atoms with Gasteiger partial charge in [0.05, 0.1) is 5.41 Å². The van der Waals surface area contributed by atoms with E-state index in [9.17, 15) is 0 Å². The maximum atomic E-state index is 4.71. The van der Waals surface area contributed by atoms with Crippen LogP contribution < -0.4 is 51.4 Å². The topological polar surface area (TPSA) is 14.1 Å². The van der Waals surface area contributed by atoms with Crippen LogP contribution >= 0.6 is 0 Å². The zero-order valence-corrected chi connectivity index (χ0v) is 35.1. The molecule has 0 radical (unpaired) electrons. The van der Waals surface area contributed by atoms with Gasteiger partial charge in [-0.05, 0) is 79.2 Å². The Labute approximate surface area is 368 Å². The Morgan fingerprint density at radius 1 is 0.345 bits per heavy atom. The van der Waals surface area contributed by atoms with Gasteiger partial charge < -0.3 is 5.32 Å². The molecule has 0 amide bonds. The molecule has 8 aromatic carbocycles. The molecule has 0 saturated carbocycles. The summed E-state index contributed by atoms with van der Waals surface area (Å²) in [6.07, 6.45) is 0. The molecule has 0 N–H and O–H groups in total. The first kappa shape index (κ1) is 37.1. The van der Waals surface area contributed by atoms with E-state index in [0.717, 1.165) is 11.4 Å². The van der Waals surface area contributed by atoms with Crippen LogP contribution in [0.25, 0.3) is 38.7 Å². The second kappa shape index (κ2) is 15.4. The van der Waals surface area contributed by atoms with E-state index >= 15 is 0 Å². The first-order valence-electron chi connectivity index (χ1n) is 18.9. The summed E-state index contributed by atoms with van der Waals surface area (Å²) in [5, 5.41) is 4.71. The number of fused-ring (bicyclic) bond motifs is 9. The third kappa shape index (κ3) is 6.46. The van der Waals surface area contributed by atoms with Crippen LogP contribution in [0, 0.1) is 6.92 Å². The summed E-state index contributed by atoms with van der Waals surface area (Å²) in [4.78, 5) is 0. The van der Waals surface area contributed by atoms with E-state index in [2.05, 4.69) is 209 Å². The first-order chi connectivity index (χ1) is 26.5. The van der Waals surface area contributed by atoms with E-state index < -0.39 is 0 Å². The fourth-order valence-electron chi connectivity index (χ4n) is 8.96. The third-order valence-electron chi connectivity index (χ3n) is 11.5. The summed E-state index contributed by atoms with van der Waals surface area (Å²) >= 11 is 0.